The zero-order chi connectivity index (χ0) is 55.4. The van der Waals surface area contributed by atoms with Crippen LogP contribution in [0.15, 0.2) is 133 Å². The Morgan fingerprint density at radius 3 is 0.865 bits per heavy atom. The van der Waals surface area contributed by atoms with Crippen molar-refractivity contribution in [3.8, 4) is 23.0 Å². The molecular formula is C68H94O4P2. The molecule has 0 bridgehead atoms. The van der Waals surface area contributed by atoms with Crippen LogP contribution in [0.4, 0.5) is 0 Å². The fraction of sp³-hybridized carbons (Fsp3) is 0.500. The molecule has 0 saturated heterocycles. The summed E-state index contributed by atoms with van der Waals surface area (Å²) in [6, 6.07) is 27.1. The van der Waals surface area contributed by atoms with Crippen molar-refractivity contribution in [3.63, 3.8) is 0 Å². The normalized spacial score (nSPS) is 16.8. The standard InChI is InChI=1S/C68H94O4P2/c1-60(2,3)47-33-37-56(52(42-47)64(13,14)15)69-73(70-57-38-34-48(61(4,5)6)43-53(57)65(16,17)18)68(41-29-28-32-51(68)46-30-26-25-27-31-46)74(71-58-39-35-49(62(7,8)9)44-54(58)66(19,20)21)72-59-40-36-50(63(10,11)12)45-55(59)67(22,23)24/h25-30,32-45H,31H2,1-24H3. The minimum Gasteiger partial charge on any atom is -0.437 e. The summed E-state index contributed by atoms with van der Waals surface area (Å²) in [5.41, 5.74) is 10.3. The van der Waals surface area contributed by atoms with Gasteiger partial charge in [-0.15, -0.1) is 0 Å². The van der Waals surface area contributed by atoms with Gasteiger partial charge in [0.1, 0.15) is 23.0 Å². The molecule has 0 fully saturated rings. The first-order valence-electron chi connectivity index (χ1n) is 27.1. The van der Waals surface area contributed by atoms with Gasteiger partial charge in [-0.3, -0.25) is 0 Å². The van der Waals surface area contributed by atoms with Crippen LogP contribution in [-0.4, -0.2) is 4.90 Å². The van der Waals surface area contributed by atoms with E-state index in [0.717, 1.165) is 62.8 Å². The highest BCUT2D eigenvalue weighted by atomic mass is 31.2. The SMILES string of the molecule is CC(C)(C)c1ccc(OP(Oc2ccc(C(C)(C)C)cc2C(C)(C)C)C2(P(Oc3ccc(C(C)(C)C)cc3C(C)(C)C)Oc3ccc(C(C)(C)C)cc3C(C)(C)C)C=CC=CC2=C2C=CC=CC2)c(C(C)(C)C)c1. The van der Waals surface area contributed by atoms with Gasteiger partial charge in [-0.05, 0) is 107 Å². The smallest absolute Gasteiger partial charge is 0.318 e. The third-order valence-electron chi connectivity index (χ3n) is 14.2. The van der Waals surface area contributed by atoms with E-state index in [2.05, 4.69) is 288 Å². The minimum atomic E-state index is -2.11. The summed E-state index contributed by atoms with van der Waals surface area (Å²) in [5, 5.41) is 0. The number of hydrogen-bond donors (Lipinski definition) is 0. The molecule has 0 spiro atoms. The lowest BCUT2D eigenvalue weighted by molar-refractivity contribution is 0.428. The van der Waals surface area contributed by atoms with Crippen LogP contribution in [0.25, 0.3) is 0 Å². The molecule has 0 unspecified atom stereocenters. The Morgan fingerprint density at radius 2 is 0.622 bits per heavy atom. The molecule has 400 valence electrons. The lowest BCUT2D eigenvalue weighted by atomic mass is 9.80. The van der Waals surface area contributed by atoms with Crippen molar-refractivity contribution >= 4 is 16.8 Å². The van der Waals surface area contributed by atoms with E-state index in [9.17, 15) is 0 Å². The summed E-state index contributed by atoms with van der Waals surface area (Å²) in [7, 11) is -4.23. The van der Waals surface area contributed by atoms with Crippen LogP contribution in [-0.2, 0) is 43.3 Å². The van der Waals surface area contributed by atoms with E-state index in [1.165, 1.54) is 22.3 Å². The van der Waals surface area contributed by atoms with Crippen LogP contribution >= 0.6 is 16.8 Å². The number of benzene rings is 4. The zero-order valence-electron chi connectivity index (χ0n) is 50.3. The van der Waals surface area contributed by atoms with Crippen molar-refractivity contribution in [1.82, 2.24) is 0 Å². The van der Waals surface area contributed by atoms with Gasteiger partial charge < -0.3 is 18.1 Å². The lowest BCUT2D eigenvalue weighted by Crippen LogP contribution is -2.35. The molecule has 0 heterocycles. The van der Waals surface area contributed by atoms with Gasteiger partial charge in [0.05, 0.1) is 0 Å². The van der Waals surface area contributed by atoms with Gasteiger partial charge in [0, 0.05) is 22.3 Å². The quantitative estimate of drug-likeness (QED) is 0.148. The molecule has 4 aromatic carbocycles. The Morgan fingerprint density at radius 1 is 0.338 bits per heavy atom. The van der Waals surface area contributed by atoms with E-state index in [0.29, 0.717) is 0 Å². The molecule has 6 heteroatoms. The first kappa shape index (κ1) is 58.9. The molecule has 0 N–H and O–H groups in total. The second kappa shape index (κ2) is 20.9. The van der Waals surface area contributed by atoms with Gasteiger partial charge in [-0.2, -0.15) is 0 Å². The maximum Gasteiger partial charge on any atom is 0.318 e. The molecule has 0 amide bonds. The third-order valence-corrected chi connectivity index (χ3v) is 18.5. The maximum atomic E-state index is 7.99. The summed E-state index contributed by atoms with van der Waals surface area (Å²) in [6.45, 7) is 54.7. The Bertz CT molecular complexity index is 2510. The number of allylic oxidation sites excluding steroid dienone is 10. The summed E-state index contributed by atoms with van der Waals surface area (Å²) in [5.74, 6) is 3.15. The first-order chi connectivity index (χ1) is 33.7. The maximum absolute atomic E-state index is 7.99. The molecule has 4 aromatic rings. The van der Waals surface area contributed by atoms with Gasteiger partial charge in [-0.25, -0.2) is 0 Å². The summed E-state index contributed by atoms with van der Waals surface area (Å²) in [6.07, 6.45) is 18.4. The highest BCUT2D eigenvalue weighted by molar-refractivity contribution is 7.69. The van der Waals surface area contributed by atoms with Crippen LogP contribution in [0.2, 0.25) is 0 Å². The molecule has 2 aliphatic carbocycles. The zero-order valence-corrected chi connectivity index (χ0v) is 52.1. The van der Waals surface area contributed by atoms with Crippen molar-refractivity contribution in [3.05, 3.63) is 177 Å². The van der Waals surface area contributed by atoms with Crippen molar-refractivity contribution in [2.45, 2.75) is 221 Å². The van der Waals surface area contributed by atoms with Crippen LogP contribution in [0.3, 0.4) is 0 Å². The van der Waals surface area contributed by atoms with Gasteiger partial charge in [0.25, 0.3) is 0 Å². The lowest BCUT2D eigenvalue weighted by Gasteiger charge is -2.44. The van der Waals surface area contributed by atoms with Gasteiger partial charge in [0.15, 0.2) is 4.90 Å². The molecule has 0 aromatic heterocycles. The Balaban J connectivity index is 1.82. The van der Waals surface area contributed by atoms with Crippen LogP contribution in [0.5, 0.6) is 23.0 Å². The molecule has 4 nitrogen and oxygen atoms in total. The van der Waals surface area contributed by atoms with Crippen molar-refractivity contribution in [1.29, 1.82) is 0 Å². The molecule has 0 saturated carbocycles. The van der Waals surface area contributed by atoms with E-state index >= 15 is 0 Å². The first-order valence-corrected chi connectivity index (χ1v) is 29.4. The average molecular weight is 1040 g/mol. The van der Waals surface area contributed by atoms with E-state index in [-0.39, 0.29) is 43.3 Å². The molecular weight excluding hydrogens is 943 g/mol. The predicted molar refractivity (Wildman–Crippen MR) is 323 cm³/mol. The van der Waals surface area contributed by atoms with Crippen molar-refractivity contribution in [2.75, 3.05) is 0 Å². The highest BCUT2D eigenvalue weighted by Gasteiger charge is 2.59. The number of rotatable bonds is 10. The second-order valence-corrected chi connectivity index (χ2v) is 32.6. The minimum absolute atomic E-state index is 0.0800. The molecule has 2 aliphatic rings. The van der Waals surface area contributed by atoms with E-state index in [4.69, 9.17) is 18.1 Å². The van der Waals surface area contributed by atoms with E-state index in [1.807, 2.05) is 0 Å². The molecule has 0 atom stereocenters. The van der Waals surface area contributed by atoms with E-state index in [1.54, 1.807) is 0 Å². The highest BCUT2D eigenvalue weighted by Crippen LogP contribution is 2.74. The van der Waals surface area contributed by atoms with Crippen molar-refractivity contribution < 1.29 is 18.1 Å². The molecule has 0 radical (unpaired) electrons. The Hall–Kier alpha value is -4.36. The summed E-state index contributed by atoms with van der Waals surface area (Å²) < 4.78 is 32.0. The average Bonchev–Trinajstić information content (AvgIpc) is 3.26. The van der Waals surface area contributed by atoms with Gasteiger partial charge in [-0.1, -0.05) is 263 Å². The van der Waals surface area contributed by atoms with Crippen LogP contribution in [0, 0.1) is 0 Å². The largest absolute Gasteiger partial charge is 0.437 e. The fourth-order valence-corrected chi connectivity index (χ4v) is 13.6. The molecule has 74 heavy (non-hydrogen) atoms. The molecule has 0 aliphatic heterocycles. The fourth-order valence-electron chi connectivity index (χ4n) is 9.32. The van der Waals surface area contributed by atoms with Crippen LogP contribution < -0.4 is 18.1 Å². The van der Waals surface area contributed by atoms with Crippen LogP contribution in [0.1, 0.15) is 217 Å². The van der Waals surface area contributed by atoms with E-state index < -0.39 is 21.6 Å². The topological polar surface area (TPSA) is 36.9 Å². The van der Waals surface area contributed by atoms with Gasteiger partial charge >= 0.3 is 16.8 Å². The summed E-state index contributed by atoms with van der Waals surface area (Å²) in [4.78, 5) is -1.14. The predicted octanol–water partition coefficient (Wildman–Crippen LogP) is 20.9. The Kier molecular flexibility index (Phi) is 16.6. The summed E-state index contributed by atoms with van der Waals surface area (Å²) >= 11 is 0. The van der Waals surface area contributed by atoms with Gasteiger partial charge in [0.2, 0.25) is 0 Å². The monoisotopic (exact) mass is 1040 g/mol. The molecule has 6 rings (SSSR count). The third kappa shape index (κ3) is 13.4. The number of hydrogen-bond acceptors (Lipinski definition) is 4. The second-order valence-electron chi connectivity index (χ2n) is 29.1. The van der Waals surface area contributed by atoms with Crippen molar-refractivity contribution in [2.24, 2.45) is 0 Å². The Labute approximate surface area is 453 Å².